The second-order valence-electron chi connectivity index (χ2n) is 6.39. The van der Waals surface area contributed by atoms with E-state index in [9.17, 15) is 9.59 Å². The van der Waals surface area contributed by atoms with Crippen molar-refractivity contribution in [3.63, 3.8) is 0 Å². The van der Waals surface area contributed by atoms with Crippen LogP contribution in [0, 0.1) is 0 Å². The Bertz CT molecular complexity index is 313. The lowest BCUT2D eigenvalue weighted by Gasteiger charge is -2.35. The van der Waals surface area contributed by atoms with Crippen molar-refractivity contribution in [3.8, 4) is 0 Å². The van der Waals surface area contributed by atoms with Crippen molar-refractivity contribution in [2.75, 3.05) is 19.6 Å². The first kappa shape index (κ1) is 16.0. The molecule has 0 saturated carbocycles. The molecule has 4 heteroatoms. The van der Waals surface area contributed by atoms with Crippen LogP contribution in [0.25, 0.3) is 0 Å². The maximum atomic E-state index is 12.2. The maximum Gasteiger partial charge on any atom is 0.224 e. The highest BCUT2D eigenvalue weighted by Gasteiger charge is 2.25. The molecule has 0 aromatic rings. The van der Waals surface area contributed by atoms with Gasteiger partial charge in [0.25, 0.3) is 0 Å². The molecule has 1 aliphatic rings. The number of hydrogen-bond acceptors (Lipinski definition) is 2. The molecule has 2 amide bonds. The summed E-state index contributed by atoms with van der Waals surface area (Å²) in [5, 5.41) is 0. The summed E-state index contributed by atoms with van der Waals surface area (Å²) in [7, 11) is 0. The van der Waals surface area contributed by atoms with Crippen molar-refractivity contribution in [3.05, 3.63) is 0 Å². The number of likely N-dealkylation sites (tertiary alicyclic amines) is 1. The quantitative estimate of drug-likeness (QED) is 0.788. The first-order chi connectivity index (χ1) is 8.82. The third-order valence-corrected chi connectivity index (χ3v) is 3.70. The van der Waals surface area contributed by atoms with Crippen LogP contribution in [0.15, 0.2) is 0 Å². The number of hydrogen-bond donors (Lipinski definition) is 0. The van der Waals surface area contributed by atoms with Gasteiger partial charge in [-0.25, -0.2) is 0 Å². The lowest BCUT2D eigenvalue weighted by atomic mass is 10.1. The van der Waals surface area contributed by atoms with Gasteiger partial charge >= 0.3 is 0 Å². The minimum Gasteiger partial charge on any atom is -0.343 e. The second-order valence-corrected chi connectivity index (χ2v) is 6.39. The first-order valence-corrected chi connectivity index (χ1v) is 7.38. The molecule has 0 aliphatic carbocycles. The molecule has 0 radical (unpaired) electrons. The van der Waals surface area contributed by atoms with E-state index in [1.54, 1.807) is 11.8 Å². The molecular weight excluding hydrogens is 240 g/mol. The number of nitrogens with zero attached hydrogens (tertiary/aromatic N) is 2. The van der Waals surface area contributed by atoms with Crippen LogP contribution in [0.5, 0.6) is 0 Å². The van der Waals surface area contributed by atoms with Gasteiger partial charge in [-0.2, -0.15) is 0 Å². The van der Waals surface area contributed by atoms with Crippen molar-refractivity contribution in [1.29, 1.82) is 0 Å². The SMILES string of the molecule is CC(=O)N(CCC(=O)N1CCCCCC1)C(C)(C)C. The molecule has 1 heterocycles. The van der Waals surface area contributed by atoms with Crippen LogP contribution in [0.2, 0.25) is 0 Å². The monoisotopic (exact) mass is 268 g/mol. The summed E-state index contributed by atoms with van der Waals surface area (Å²) in [5.41, 5.74) is -0.217. The van der Waals surface area contributed by atoms with Gasteiger partial charge in [0.05, 0.1) is 0 Å². The van der Waals surface area contributed by atoms with Crippen LogP contribution < -0.4 is 0 Å². The lowest BCUT2D eigenvalue weighted by molar-refractivity contribution is -0.136. The Kier molecular flexibility index (Phi) is 5.83. The van der Waals surface area contributed by atoms with Gasteiger partial charge in [0, 0.05) is 38.5 Å². The highest BCUT2D eigenvalue weighted by molar-refractivity contribution is 5.78. The van der Waals surface area contributed by atoms with E-state index in [1.807, 2.05) is 25.7 Å². The van der Waals surface area contributed by atoms with E-state index < -0.39 is 0 Å². The molecule has 110 valence electrons. The summed E-state index contributed by atoms with van der Waals surface area (Å²) in [6.07, 6.45) is 5.12. The fourth-order valence-electron chi connectivity index (χ4n) is 2.65. The second kappa shape index (κ2) is 6.92. The van der Waals surface area contributed by atoms with Gasteiger partial charge in [-0.3, -0.25) is 9.59 Å². The summed E-state index contributed by atoms with van der Waals surface area (Å²) < 4.78 is 0. The highest BCUT2D eigenvalue weighted by atomic mass is 16.2. The largest absolute Gasteiger partial charge is 0.343 e. The van der Waals surface area contributed by atoms with Gasteiger partial charge in [0.1, 0.15) is 0 Å². The zero-order chi connectivity index (χ0) is 14.5. The number of rotatable bonds is 3. The zero-order valence-electron chi connectivity index (χ0n) is 12.9. The van der Waals surface area contributed by atoms with Crippen LogP contribution in [-0.2, 0) is 9.59 Å². The Morgan fingerprint density at radius 3 is 2.00 bits per heavy atom. The van der Waals surface area contributed by atoms with Gasteiger partial charge in [0.2, 0.25) is 11.8 Å². The maximum absolute atomic E-state index is 12.2. The van der Waals surface area contributed by atoms with Crippen LogP contribution in [0.1, 0.15) is 59.8 Å². The molecular formula is C15H28N2O2. The van der Waals surface area contributed by atoms with Crippen molar-refractivity contribution in [2.45, 2.75) is 65.3 Å². The first-order valence-electron chi connectivity index (χ1n) is 7.38. The molecule has 1 aliphatic heterocycles. The number of amides is 2. The van der Waals surface area contributed by atoms with Gasteiger partial charge in [-0.05, 0) is 33.6 Å². The van der Waals surface area contributed by atoms with E-state index in [2.05, 4.69) is 0 Å². The van der Waals surface area contributed by atoms with Gasteiger partial charge in [-0.1, -0.05) is 12.8 Å². The van der Waals surface area contributed by atoms with Crippen LogP contribution in [-0.4, -0.2) is 46.8 Å². The smallest absolute Gasteiger partial charge is 0.224 e. The zero-order valence-corrected chi connectivity index (χ0v) is 12.9. The molecule has 0 spiro atoms. The molecule has 19 heavy (non-hydrogen) atoms. The Hall–Kier alpha value is -1.06. The van der Waals surface area contributed by atoms with E-state index in [0.29, 0.717) is 13.0 Å². The van der Waals surface area contributed by atoms with Gasteiger partial charge in [-0.15, -0.1) is 0 Å². The highest BCUT2D eigenvalue weighted by Crippen LogP contribution is 2.15. The van der Waals surface area contributed by atoms with Crippen LogP contribution in [0.3, 0.4) is 0 Å². The minimum absolute atomic E-state index is 0.0381. The van der Waals surface area contributed by atoms with E-state index in [-0.39, 0.29) is 17.4 Å². The summed E-state index contributed by atoms with van der Waals surface area (Å²) in [6, 6.07) is 0. The van der Waals surface area contributed by atoms with E-state index >= 15 is 0 Å². The summed E-state index contributed by atoms with van der Waals surface area (Å²) >= 11 is 0. The molecule has 1 saturated heterocycles. The summed E-state index contributed by atoms with van der Waals surface area (Å²) in [4.78, 5) is 27.6. The fraction of sp³-hybridized carbons (Fsp3) is 0.867. The molecule has 1 fully saturated rings. The van der Waals surface area contributed by atoms with Crippen molar-refractivity contribution in [2.24, 2.45) is 0 Å². The minimum atomic E-state index is -0.217. The molecule has 0 aromatic heterocycles. The third kappa shape index (κ3) is 5.21. The number of carbonyl (C=O) groups is 2. The average molecular weight is 268 g/mol. The molecule has 0 aromatic carbocycles. The third-order valence-electron chi connectivity index (χ3n) is 3.70. The van der Waals surface area contributed by atoms with Gasteiger partial charge in [0.15, 0.2) is 0 Å². The summed E-state index contributed by atoms with van der Waals surface area (Å²) in [6.45, 7) is 9.87. The van der Waals surface area contributed by atoms with Gasteiger partial charge < -0.3 is 9.80 Å². The molecule has 0 atom stereocenters. The normalized spacial score (nSPS) is 16.9. The van der Waals surface area contributed by atoms with Crippen molar-refractivity contribution in [1.82, 2.24) is 9.80 Å². The van der Waals surface area contributed by atoms with Crippen LogP contribution in [0.4, 0.5) is 0 Å². The molecule has 4 nitrogen and oxygen atoms in total. The molecule has 0 unspecified atom stereocenters. The molecule has 0 N–H and O–H groups in total. The average Bonchev–Trinajstić information content (AvgIpc) is 2.54. The Balaban J connectivity index is 2.49. The molecule has 1 rings (SSSR count). The lowest BCUT2D eigenvalue weighted by Crippen LogP contribution is -2.46. The predicted octanol–water partition coefficient (Wildman–Crippen LogP) is 2.43. The Morgan fingerprint density at radius 1 is 1.05 bits per heavy atom. The van der Waals surface area contributed by atoms with Crippen molar-refractivity contribution < 1.29 is 9.59 Å². The van der Waals surface area contributed by atoms with Crippen molar-refractivity contribution >= 4 is 11.8 Å². The summed E-state index contributed by atoms with van der Waals surface area (Å²) in [5.74, 6) is 0.230. The Labute approximate surface area is 117 Å². The number of carbonyl (C=O) groups excluding carboxylic acids is 2. The molecule has 0 bridgehead atoms. The van der Waals surface area contributed by atoms with E-state index in [1.165, 1.54) is 12.8 Å². The van der Waals surface area contributed by atoms with E-state index in [0.717, 1.165) is 25.9 Å². The Morgan fingerprint density at radius 2 is 1.58 bits per heavy atom. The predicted molar refractivity (Wildman–Crippen MR) is 76.8 cm³/mol. The van der Waals surface area contributed by atoms with E-state index in [4.69, 9.17) is 0 Å². The fourth-order valence-corrected chi connectivity index (χ4v) is 2.65. The van der Waals surface area contributed by atoms with Crippen LogP contribution >= 0.6 is 0 Å². The topological polar surface area (TPSA) is 40.6 Å². The standard InChI is InChI=1S/C15H28N2O2/c1-13(18)17(15(2,3)4)12-9-14(19)16-10-7-5-6-8-11-16/h5-12H2,1-4H3.